The largest absolute Gasteiger partial charge is 0.335 e. The minimum atomic E-state index is -0.0666. The number of hydrogen-bond donors (Lipinski definition) is 0. The van der Waals surface area contributed by atoms with Gasteiger partial charge in [0.05, 0.1) is 11.7 Å². The molecular formula is C17H17ClN2O. The number of rotatable bonds is 4. The average molecular weight is 301 g/mol. The SMILES string of the molecule is C[C@@H](c1ccc(Cl)cc1)N(C)C(=O)/C=C/c1ccccn1. The predicted molar refractivity (Wildman–Crippen MR) is 85.9 cm³/mol. The second-order valence-electron chi connectivity index (χ2n) is 4.76. The van der Waals surface area contributed by atoms with Gasteiger partial charge in [0, 0.05) is 24.3 Å². The molecule has 0 N–H and O–H groups in total. The highest BCUT2D eigenvalue weighted by Crippen LogP contribution is 2.21. The summed E-state index contributed by atoms with van der Waals surface area (Å²) in [6.07, 6.45) is 4.95. The second-order valence-corrected chi connectivity index (χ2v) is 5.20. The molecule has 1 atom stereocenters. The van der Waals surface area contributed by atoms with Crippen molar-refractivity contribution in [3.8, 4) is 0 Å². The molecule has 0 bridgehead atoms. The summed E-state index contributed by atoms with van der Waals surface area (Å²) >= 11 is 5.88. The molecule has 0 spiro atoms. The lowest BCUT2D eigenvalue weighted by molar-refractivity contribution is -0.126. The molecule has 21 heavy (non-hydrogen) atoms. The zero-order chi connectivity index (χ0) is 15.2. The molecule has 0 saturated heterocycles. The Morgan fingerprint density at radius 2 is 1.95 bits per heavy atom. The maximum Gasteiger partial charge on any atom is 0.246 e. The summed E-state index contributed by atoms with van der Waals surface area (Å²) in [6, 6.07) is 13.1. The molecule has 0 aliphatic rings. The van der Waals surface area contributed by atoms with E-state index in [0.29, 0.717) is 5.02 Å². The van der Waals surface area contributed by atoms with E-state index >= 15 is 0 Å². The molecule has 0 fully saturated rings. The first-order chi connectivity index (χ1) is 10.1. The highest BCUT2D eigenvalue weighted by Gasteiger charge is 2.15. The summed E-state index contributed by atoms with van der Waals surface area (Å²) in [6.45, 7) is 1.98. The van der Waals surface area contributed by atoms with Crippen molar-refractivity contribution in [2.24, 2.45) is 0 Å². The van der Waals surface area contributed by atoms with Crippen LogP contribution in [0.3, 0.4) is 0 Å². The lowest BCUT2D eigenvalue weighted by atomic mass is 10.1. The maximum atomic E-state index is 12.2. The molecule has 2 rings (SSSR count). The minimum absolute atomic E-state index is 0.0249. The van der Waals surface area contributed by atoms with Crippen molar-refractivity contribution in [2.75, 3.05) is 7.05 Å². The number of carbonyl (C=O) groups excluding carboxylic acids is 1. The predicted octanol–water partition coefficient (Wildman–Crippen LogP) is 3.97. The van der Waals surface area contributed by atoms with Crippen LogP contribution in [0, 0.1) is 0 Å². The summed E-state index contributed by atoms with van der Waals surface area (Å²) < 4.78 is 0. The first-order valence-electron chi connectivity index (χ1n) is 6.69. The van der Waals surface area contributed by atoms with Crippen molar-refractivity contribution in [1.82, 2.24) is 9.88 Å². The molecule has 1 aromatic heterocycles. The Balaban J connectivity index is 2.05. The molecule has 1 aromatic carbocycles. The summed E-state index contributed by atoms with van der Waals surface area (Å²) in [5, 5.41) is 0.690. The van der Waals surface area contributed by atoms with Gasteiger partial charge in [-0.2, -0.15) is 0 Å². The Kier molecular flexibility index (Phi) is 5.12. The van der Waals surface area contributed by atoms with Gasteiger partial charge in [-0.3, -0.25) is 9.78 Å². The third kappa shape index (κ3) is 4.17. The Labute approximate surface area is 129 Å². The Hall–Kier alpha value is -2.13. The van der Waals surface area contributed by atoms with Gasteiger partial charge in [-0.1, -0.05) is 29.8 Å². The average Bonchev–Trinajstić information content (AvgIpc) is 2.53. The van der Waals surface area contributed by atoms with Gasteiger partial charge in [0.2, 0.25) is 5.91 Å². The van der Waals surface area contributed by atoms with E-state index in [1.54, 1.807) is 24.2 Å². The van der Waals surface area contributed by atoms with Crippen LogP contribution in [0.2, 0.25) is 5.02 Å². The van der Waals surface area contributed by atoms with Gasteiger partial charge in [-0.05, 0) is 42.8 Å². The van der Waals surface area contributed by atoms with E-state index in [-0.39, 0.29) is 11.9 Å². The topological polar surface area (TPSA) is 33.2 Å². The van der Waals surface area contributed by atoms with Gasteiger partial charge in [-0.25, -0.2) is 0 Å². The van der Waals surface area contributed by atoms with Gasteiger partial charge >= 0.3 is 0 Å². The number of amides is 1. The third-order valence-electron chi connectivity index (χ3n) is 3.37. The van der Waals surface area contributed by atoms with Gasteiger partial charge in [-0.15, -0.1) is 0 Å². The fraction of sp³-hybridized carbons (Fsp3) is 0.176. The molecule has 0 unspecified atom stereocenters. The number of halogens is 1. The van der Waals surface area contributed by atoms with Crippen molar-refractivity contribution in [3.05, 3.63) is 71.0 Å². The number of benzene rings is 1. The minimum Gasteiger partial charge on any atom is -0.335 e. The molecule has 0 aliphatic heterocycles. The zero-order valence-electron chi connectivity index (χ0n) is 12.0. The molecular weight excluding hydrogens is 284 g/mol. The first kappa shape index (κ1) is 15.3. The van der Waals surface area contributed by atoms with E-state index < -0.39 is 0 Å². The highest BCUT2D eigenvalue weighted by molar-refractivity contribution is 6.30. The first-order valence-corrected chi connectivity index (χ1v) is 7.07. The summed E-state index contributed by atoms with van der Waals surface area (Å²) in [5.41, 5.74) is 1.81. The molecule has 4 heteroatoms. The van der Waals surface area contributed by atoms with Crippen LogP contribution in [-0.2, 0) is 4.79 Å². The van der Waals surface area contributed by atoms with Gasteiger partial charge < -0.3 is 4.90 Å². The van der Waals surface area contributed by atoms with Crippen molar-refractivity contribution >= 4 is 23.6 Å². The fourth-order valence-electron chi connectivity index (χ4n) is 1.90. The van der Waals surface area contributed by atoms with Gasteiger partial charge in [0.1, 0.15) is 0 Å². The summed E-state index contributed by atoms with van der Waals surface area (Å²) in [4.78, 5) is 18.0. The fourth-order valence-corrected chi connectivity index (χ4v) is 2.03. The summed E-state index contributed by atoms with van der Waals surface area (Å²) in [5.74, 6) is -0.0666. The quantitative estimate of drug-likeness (QED) is 0.801. The van der Waals surface area contributed by atoms with Crippen LogP contribution in [0.15, 0.2) is 54.7 Å². The Bertz CT molecular complexity index is 623. The molecule has 1 heterocycles. The number of likely N-dealkylation sites (N-methyl/N-ethyl adjacent to an activating group) is 1. The molecule has 3 nitrogen and oxygen atoms in total. The number of aromatic nitrogens is 1. The molecule has 108 valence electrons. The smallest absolute Gasteiger partial charge is 0.246 e. The summed E-state index contributed by atoms with van der Waals surface area (Å²) in [7, 11) is 1.78. The molecule has 0 saturated carbocycles. The zero-order valence-corrected chi connectivity index (χ0v) is 12.8. The van der Waals surface area contributed by atoms with Crippen molar-refractivity contribution in [3.63, 3.8) is 0 Å². The molecule has 2 aromatic rings. The van der Waals surface area contributed by atoms with Crippen LogP contribution in [0.1, 0.15) is 24.2 Å². The lowest BCUT2D eigenvalue weighted by Gasteiger charge is -2.24. The standard InChI is InChI=1S/C17H17ClN2O/c1-13(14-6-8-15(18)9-7-14)20(2)17(21)11-10-16-5-3-4-12-19-16/h3-13H,1-2H3/b11-10+/t13-/m0/s1. The highest BCUT2D eigenvalue weighted by atomic mass is 35.5. The van der Waals surface area contributed by atoms with Gasteiger partial charge in [0.25, 0.3) is 0 Å². The number of nitrogens with zero attached hydrogens (tertiary/aromatic N) is 2. The maximum absolute atomic E-state index is 12.2. The van der Waals surface area contributed by atoms with E-state index in [1.807, 2.05) is 49.4 Å². The van der Waals surface area contributed by atoms with Crippen LogP contribution >= 0.6 is 11.6 Å². The van der Waals surface area contributed by atoms with Crippen LogP contribution < -0.4 is 0 Å². The van der Waals surface area contributed by atoms with Crippen molar-refractivity contribution < 1.29 is 4.79 Å². The van der Waals surface area contributed by atoms with E-state index in [1.165, 1.54) is 6.08 Å². The van der Waals surface area contributed by atoms with Crippen LogP contribution in [-0.4, -0.2) is 22.8 Å². The van der Waals surface area contributed by atoms with Crippen LogP contribution in [0.25, 0.3) is 6.08 Å². The van der Waals surface area contributed by atoms with Crippen LogP contribution in [0.5, 0.6) is 0 Å². The van der Waals surface area contributed by atoms with E-state index in [2.05, 4.69) is 4.98 Å². The van der Waals surface area contributed by atoms with E-state index in [0.717, 1.165) is 11.3 Å². The monoisotopic (exact) mass is 300 g/mol. The Morgan fingerprint density at radius 3 is 2.57 bits per heavy atom. The molecule has 0 radical (unpaired) electrons. The number of pyridine rings is 1. The van der Waals surface area contributed by atoms with Crippen LogP contribution in [0.4, 0.5) is 0 Å². The molecule has 1 amide bonds. The second kappa shape index (κ2) is 7.04. The Morgan fingerprint density at radius 1 is 1.24 bits per heavy atom. The number of carbonyl (C=O) groups is 1. The van der Waals surface area contributed by atoms with Crippen molar-refractivity contribution in [2.45, 2.75) is 13.0 Å². The normalized spacial score (nSPS) is 12.3. The number of hydrogen-bond acceptors (Lipinski definition) is 2. The lowest BCUT2D eigenvalue weighted by Crippen LogP contribution is -2.27. The van der Waals surface area contributed by atoms with Gasteiger partial charge in [0.15, 0.2) is 0 Å². The molecule has 0 aliphatic carbocycles. The van der Waals surface area contributed by atoms with Crippen molar-refractivity contribution in [1.29, 1.82) is 0 Å². The van der Waals surface area contributed by atoms with E-state index in [9.17, 15) is 4.79 Å². The van der Waals surface area contributed by atoms with E-state index in [4.69, 9.17) is 11.6 Å². The third-order valence-corrected chi connectivity index (χ3v) is 3.62.